The first-order valence-electron chi connectivity index (χ1n) is 5.78. The van der Waals surface area contributed by atoms with Gasteiger partial charge in [0.2, 0.25) is 0 Å². The van der Waals surface area contributed by atoms with Crippen LogP contribution >= 0.6 is 11.6 Å². The normalized spacial score (nSPS) is 13.8. The molecule has 0 fully saturated rings. The van der Waals surface area contributed by atoms with Gasteiger partial charge in [-0.15, -0.1) is 0 Å². The third-order valence-electron chi connectivity index (χ3n) is 3.29. The number of benzene rings is 1. The van der Waals surface area contributed by atoms with Crippen molar-refractivity contribution in [2.24, 2.45) is 0 Å². The first kappa shape index (κ1) is 14.4. The van der Waals surface area contributed by atoms with Gasteiger partial charge < -0.3 is 10.2 Å². The molecule has 0 radical (unpaired) electrons. The van der Waals surface area contributed by atoms with Crippen molar-refractivity contribution >= 4 is 11.6 Å². The van der Waals surface area contributed by atoms with Crippen LogP contribution in [0, 0.1) is 5.82 Å². The summed E-state index contributed by atoms with van der Waals surface area (Å²) in [7, 11) is 0. The first-order valence-corrected chi connectivity index (χ1v) is 6.15. The molecule has 0 aromatic heterocycles. The number of hydrogen-bond acceptors (Lipinski definition) is 2. The molecule has 1 atom stereocenters. The molecule has 17 heavy (non-hydrogen) atoms. The minimum Gasteiger partial charge on any atom is -0.390 e. The van der Waals surface area contributed by atoms with Gasteiger partial charge in [0.25, 0.3) is 0 Å². The Morgan fingerprint density at radius 2 is 1.94 bits per heavy atom. The average molecular weight is 261 g/mol. The van der Waals surface area contributed by atoms with E-state index in [1.54, 1.807) is 26.0 Å². The molecule has 0 aliphatic heterocycles. The lowest BCUT2D eigenvalue weighted by molar-refractivity contribution is -0.0790. The molecule has 2 nitrogen and oxygen atoms in total. The molecule has 1 aromatic carbocycles. The second kappa shape index (κ2) is 5.80. The van der Waals surface area contributed by atoms with Gasteiger partial charge in [0.15, 0.2) is 0 Å². The maximum absolute atomic E-state index is 13.2. The van der Waals surface area contributed by atoms with Gasteiger partial charge in [0.05, 0.1) is 16.7 Å². The van der Waals surface area contributed by atoms with E-state index in [4.69, 9.17) is 11.6 Å². The molecule has 0 aliphatic rings. The fourth-order valence-electron chi connectivity index (χ4n) is 1.83. The Morgan fingerprint density at radius 1 is 1.35 bits per heavy atom. The van der Waals surface area contributed by atoms with Gasteiger partial charge in [0.1, 0.15) is 5.82 Å². The van der Waals surface area contributed by atoms with Crippen molar-refractivity contribution in [1.82, 2.24) is 0 Å². The lowest BCUT2D eigenvalue weighted by Gasteiger charge is -2.31. The van der Waals surface area contributed by atoms with Gasteiger partial charge in [-0.05, 0) is 24.5 Å². The molecule has 96 valence electrons. The minimum atomic E-state index is -1.14. The molecule has 1 aromatic rings. The topological polar surface area (TPSA) is 40.5 Å². The number of halogens is 2. The van der Waals surface area contributed by atoms with Gasteiger partial charge in [-0.2, -0.15) is 0 Å². The summed E-state index contributed by atoms with van der Waals surface area (Å²) in [4.78, 5) is 0. The maximum Gasteiger partial charge on any atom is 0.142 e. The van der Waals surface area contributed by atoms with Gasteiger partial charge in [-0.3, -0.25) is 0 Å². The first-order chi connectivity index (χ1) is 7.94. The highest BCUT2D eigenvalue weighted by Crippen LogP contribution is 2.26. The van der Waals surface area contributed by atoms with Crippen LogP contribution in [0.3, 0.4) is 0 Å². The van der Waals surface area contributed by atoms with Crippen LogP contribution in [0.1, 0.15) is 32.3 Å². The summed E-state index contributed by atoms with van der Waals surface area (Å²) in [6, 6.07) is 4.46. The van der Waals surface area contributed by atoms with E-state index in [2.05, 4.69) is 0 Å². The third-order valence-corrected chi connectivity index (χ3v) is 3.71. The fraction of sp³-hybridized carbons (Fsp3) is 0.538. The Bertz CT molecular complexity index is 378. The van der Waals surface area contributed by atoms with Crippen LogP contribution in [0.4, 0.5) is 4.39 Å². The van der Waals surface area contributed by atoms with Crippen molar-refractivity contribution in [2.75, 3.05) is 0 Å². The monoisotopic (exact) mass is 260 g/mol. The summed E-state index contributed by atoms with van der Waals surface area (Å²) < 4.78 is 13.2. The highest BCUT2D eigenvalue weighted by molar-refractivity contribution is 6.31. The fourth-order valence-corrected chi connectivity index (χ4v) is 2.03. The molecule has 2 N–H and O–H groups in total. The minimum absolute atomic E-state index is 0.0149. The van der Waals surface area contributed by atoms with Crippen molar-refractivity contribution < 1.29 is 14.6 Å². The van der Waals surface area contributed by atoms with Crippen LogP contribution in [0.25, 0.3) is 0 Å². The summed E-state index contributed by atoms with van der Waals surface area (Å²) in [5, 5.41) is 20.2. The van der Waals surface area contributed by atoms with E-state index in [1.165, 1.54) is 6.07 Å². The zero-order valence-corrected chi connectivity index (χ0v) is 10.8. The zero-order chi connectivity index (χ0) is 13.1. The van der Waals surface area contributed by atoms with Crippen molar-refractivity contribution in [1.29, 1.82) is 0 Å². The van der Waals surface area contributed by atoms with Crippen LogP contribution < -0.4 is 0 Å². The van der Waals surface area contributed by atoms with Gasteiger partial charge in [0, 0.05) is 6.42 Å². The predicted octanol–water partition coefficient (Wildman–Crippen LogP) is 2.93. The summed E-state index contributed by atoms with van der Waals surface area (Å²) in [5.41, 5.74) is -0.630. The zero-order valence-electron chi connectivity index (χ0n) is 10.1. The molecule has 4 heteroatoms. The highest BCUT2D eigenvalue weighted by atomic mass is 35.5. The highest BCUT2D eigenvalue weighted by Gasteiger charge is 2.32. The Morgan fingerprint density at radius 3 is 2.47 bits per heavy atom. The number of aliphatic hydroxyl groups excluding tert-OH is 1. The molecule has 0 heterocycles. The molecule has 0 spiro atoms. The second-order valence-corrected chi connectivity index (χ2v) is 4.62. The molecular weight excluding hydrogens is 243 g/mol. The quantitative estimate of drug-likeness (QED) is 0.855. The Labute approximate surface area is 106 Å². The van der Waals surface area contributed by atoms with Crippen molar-refractivity contribution in [2.45, 2.75) is 44.8 Å². The van der Waals surface area contributed by atoms with Crippen LogP contribution in [0.15, 0.2) is 18.2 Å². The summed E-state index contributed by atoms with van der Waals surface area (Å²) in [5.74, 6) is -0.507. The number of rotatable bonds is 5. The smallest absolute Gasteiger partial charge is 0.142 e. The molecule has 0 saturated heterocycles. The third kappa shape index (κ3) is 3.18. The van der Waals surface area contributed by atoms with Crippen molar-refractivity contribution in [3.63, 3.8) is 0 Å². The van der Waals surface area contributed by atoms with Crippen LogP contribution in [-0.4, -0.2) is 21.9 Å². The van der Waals surface area contributed by atoms with Crippen LogP contribution in [0.5, 0.6) is 0 Å². The number of aliphatic hydroxyl groups is 2. The van der Waals surface area contributed by atoms with Gasteiger partial charge >= 0.3 is 0 Å². The second-order valence-electron chi connectivity index (χ2n) is 4.24. The molecule has 0 amide bonds. The van der Waals surface area contributed by atoms with E-state index < -0.39 is 17.5 Å². The van der Waals surface area contributed by atoms with E-state index in [1.807, 2.05) is 0 Å². The van der Waals surface area contributed by atoms with E-state index in [0.29, 0.717) is 18.4 Å². The lowest BCUT2D eigenvalue weighted by atomic mass is 9.87. The van der Waals surface area contributed by atoms with Gasteiger partial charge in [-0.1, -0.05) is 37.6 Å². The van der Waals surface area contributed by atoms with E-state index in [-0.39, 0.29) is 11.4 Å². The van der Waals surface area contributed by atoms with E-state index in [0.717, 1.165) is 0 Å². The molecule has 1 rings (SSSR count). The Kier molecular flexibility index (Phi) is 4.92. The SMILES string of the molecule is CCC(O)(CC)C(O)Cc1cccc(F)c1Cl. The van der Waals surface area contributed by atoms with Crippen molar-refractivity contribution in [3.05, 3.63) is 34.6 Å². The van der Waals surface area contributed by atoms with Crippen LogP contribution in [0.2, 0.25) is 5.02 Å². The summed E-state index contributed by atoms with van der Waals surface area (Å²) in [6.45, 7) is 3.61. The summed E-state index contributed by atoms with van der Waals surface area (Å²) >= 11 is 5.81. The van der Waals surface area contributed by atoms with Gasteiger partial charge in [-0.25, -0.2) is 4.39 Å². The molecule has 0 aliphatic carbocycles. The Balaban J connectivity index is 2.88. The largest absolute Gasteiger partial charge is 0.390 e. The van der Waals surface area contributed by atoms with E-state index in [9.17, 15) is 14.6 Å². The number of hydrogen-bond donors (Lipinski definition) is 2. The molecule has 0 bridgehead atoms. The maximum atomic E-state index is 13.2. The van der Waals surface area contributed by atoms with Crippen LogP contribution in [-0.2, 0) is 6.42 Å². The van der Waals surface area contributed by atoms with E-state index >= 15 is 0 Å². The predicted molar refractivity (Wildman–Crippen MR) is 66.7 cm³/mol. The van der Waals surface area contributed by atoms with Crippen molar-refractivity contribution in [3.8, 4) is 0 Å². The molecule has 1 unspecified atom stereocenters. The average Bonchev–Trinajstić information content (AvgIpc) is 2.33. The lowest BCUT2D eigenvalue weighted by Crippen LogP contribution is -2.42. The Hall–Kier alpha value is -0.640. The standard InChI is InChI=1S/C13H18ClFO2/c1-3-13(17,4-2)11(16)8-9-6-5-7-10(15)12(9)14/h5-7,11,16-17H,3-4,8H2,1-2H3. The summed E-state index contributed by atoms with van der Waals surface area (Å²) in [6.07, 6.45) is 0.0843. The molecule has 0 saturated carbocycles. The molecular formula is C13H18ClFO2.